The molecule has 94 valence electrons. The normalized spacial score (nSPS) is 20.5. The smallest absolute Gasteiger partial charge is 0.255 e. The van der Waals surface area contributed by atoms with Gasteiger partial charge in [0.25, 0.3) is 5.91 Å². The van der Waals surface area contributed by atoms with Gasteiger partial charge in [-0.3, -0.25) is 4.79 Å². The minimum Gasteiger partial charge on any atom is -0.318 e. The van der Waals surface area contributed by atoms with E-state index in [4.69, 9.17) is 0 Å². The van der Waals surface area contributed by atoms with Crippen molar-refractivity contribution in [2.24, 2.45) is 0 Å². The number of hydrogen-bond acceptors (Lipinski definition) is 2. The van der Waals surface area contributed by atoms with Gasteiger partial charge in [0.15, 0.2) is 0 Å². The Labute approximate surface area is 116 Å². The van der Waals surface area contributed by atoms with Crippen molar-refractivity contribution in [1.29, 1.82) is 0 Å². The van der Waals surface area contributed by atoms with Gasteiger partial charge in [0.2, 0.25) is 0 Å². The van der Waals surface area contributed by atoms with Crippen LogP contribution in [0.4, 0.5) is 0 Å². The van der Waals surface area contributed by atoms with E-state index in [1.54, 1.807) is 0 Å². The number of nitrogens with zero attached hydrogens (tertiary/aromatic N) is 1. The standard InChI is InChI=1S/C16H13NOS/c18-15-13-7-3-4-8-14(13)16-17(15)9-11-5-1-2-6-12(11)10-19-16/h1-8,16H,9-10H2. The molecule has 2 heterocycles. The largest absolute Gasteiger partial charge is 0.318 e. The maximum atomic E-state index is 12.5. The van der Waals surface area contributed by atoms with Gasteiger partial charge in [0.1, 0.15) is 5.37 Å². The second-order valence-electron chi connectivity index (χ2n) is 4.95. The molecule has 0 N–H and O–H groups in total. The number of fused-ring (bicyclic) bond motifs is 4. The van der Waals surface area contributed by atoms with Gasteiger partial charge in [0.05, 0.1) is 0 Å². The topological polar surface area (TPSA) is 20.3 Å². The summed E-state index contributed by atoms with van der Waals surface area (Å²) in [5.41, 5.74) is 4.68. The van der Waals surface area contributed by atoms with Crippen LogP contribution in [0.25, 0.3) is 0 Å². The summed E-state index contributed by atoms with van der Waals surface area (Å²) < 4.78 is 0. The van der Waals surface area contributed by atoms with E-state index in [1.807, 2.05) is 34.9 Å². The monoisotopic (exact) mass is 267 g/mol. The predicted molar refractivity (Wildman–Crippen MR) is 76.8 cm³/mol. The zero-order valence-electron chi connectivity index (χ0n) is 10.4. The first-order valence-electron chi connectivity index (χ1n) is 6.43. The van der Waals surface area contributed by atoms with Gasteiger partial charge >= 0.3 is 0 Å². The van der Waals surface area contributed by atoms with Crippen molar-refractivity contribution in [3.63, 3.8) is 0 Å². The van der Waals surface area contributed by atoms with Gasteiger partial charge in [-0.15, -0.1) is 11.8 Å². The number of thioether (sulfide) groups is 1. The Morgan fingerprint density at radius 3 is 2.63 bits per heavy atom. The lowest BCUT2D eigenvalue weighted by molar-refractivity contribution is 0.0762. The molecule has 1 atom stereocenters. The molecule has 4 rings (SSSR count). The van der Waals surface area contributed by atoms with Crippen molar-refractivity contribution in [1.82, 2.24) is 4.90 Å². The molecule has 2 aliphatic rings. The summed E-state index contributed by atoms with van der Waals surface area (Å²) in [6.45, 7) is 0.724. The highest BCUT2D eigenvalue weighted by atomic mass is 32.2. The van der Waals surface area contributed by atoms with Gasteiger partial charge < -0.3 is 4.90 Å². The molecule has 0 saturated heterocycles. The zero-order chi connectivity index (χ0) is 12.8. The van der Waals surface area contributed by atoms with Crippen molar-refractivity contribution < 1.29 is 4.79 Å². The average molecular weight is 267 g/mol. The highest BCUT2D eigenvalue weighted by molar-refractivity contribution is 7.98. The van der Waals surface area contributed by atoms with Gasteiger partial charge in [-0.05, 0) is 22.8 Å². The van der Waals surface area contributed by atoms with Crippen LogP contribution in [-0.4, -0.2) is 10.8 Å². The molecule has 1 unspecified atom stereocenters. The molecule has 2 aromatic rings. The minimum absolute atomic E-state index is 0.171. The van der Waals surface area contributed by atoms with Crippen LogP contribution in [0.2, 0.25) is 0 Å². The van der Waals surface area contributed by atoms with Crippen LogP contribution >= 0.6 is 11.8 Å². The summed E-state index contributed by atoms with van der Waals surface area (Å²) in [6, 6.07) is 16.4. The lowest BCUT2D eigenvalue weighted by Gasteiger charge is -2.21. The Kier molecular flexibility index (Phi) is 2.42. The molecule has 0 aromatic heterocycles. The van der Waals surface area contributed by atoms with Crippen LogP contribution in [0.1, 0.15) is 32.4 Å². The van der Waals surface area contributed by atoms with E-state index in [9.17, 15) is 4.79 Å². The van der Waals surface area contributed by atoms with Crippen molar-refractivity contribution in [2.45, 2.75) is 17.7 Å². The molecular weight excluding hydrogens is 254 g/mol. The van der Waals surface area contributed by atoms with E-state index in [1.165, 1.54) is 16.7 Å². The molecule has 2 aliphatic heterocycles. The van der Waals surface area contributed by atoms with Crippen LogP contribution in [0.3, 0.4) is 0 Å². The molecule has 0 aliphatic carbocycles. The Morgan fingerprint density at radius 2 is 1.74 bits per heavy atom. The number of carbonyl (C=O) groups excluding carboxylic acids is 1. The highest BCUT2D eigenvalue weighted by Gasteiger charge is 2.38. The van der Waals surface area contributed by atoms with Gasteiger partial charge in [-0.25, -0.2) is 0 Å². The molecule has 2 nitrogen and oxygen atoms in total. The van der Waals surface area contributed by atoms with Crippen LogP contribution in [0.15, 0.2) is 48.5 Å². The van der Waals surface area contributed by atoms with E-state index >= 15 is 0 Å². The van der Waals surface area contributed by atoms with Crippen LogP contribution in [0, 0.1) is 0 Å². The van der Waals surface area contributed by atoms with Crippen molar-refractivity contribution in [2.75, 3.05) is 0 Å². The summed E-state index contributed by atoms with van der Waals surface area (Å²) in [5, 5.41) is 0.177. The maximum absolute atomic E-state index is 12.5. The Bertz CT molecular complexity index is 667. The fourth-order valence-electron chi connectivity index (χ4n) is 2.88. The number of amides is 1. The third-order valence-corrected chi connectivity index (χ3v) is 5.16. The molecule has 3 heteroatoms. The van der Waals surface area contributed by atoms with Gasteiger partial charge in [-0.2, -0.15) is 0 Å². The van der Waals surface area contributed by atoms with E-state index < -0.39 is 0 Å². The van der Waals surface area contributed by atoms with E-state index in [0.29, 0.717) is 0 Å². The fourth-order valence-corrected chi connectivity index (χ4v) is 4.23. The molecule has 0 bridgehead atoms. The molecule has 0 fully saturated rings. The van der Waals surface area contributed by atoms with Gasteiger partial charge in [0, 0.05) is 17.9 Å². The second kappa shape index (κ2) is 4.14. The quantitative estimate of drug-likeness (QED) is 0.727. The van der Waals surface area contributed by atoms with Crippen molar-refractivity contribution in [3.05, 3.63) is 70.8 Å². The van der Waals surface area contributed by atoms with Gasteiger partial charge in [-0.1, -0.05) is 42.5 Å². The lowest BCUT2D eigenvalue weighted by Crippen LogP contribution is -2.25. The zero-order valence-corrected chi connectivity index (χ0v) is 11.2. The third kappa shape index (κ3) is 1.61. The van der Waals surface area contributed by atoms with Crippen molar-refractivity contribution >= 4 is 17.7 Å². The fraction of sp³-hybridized carbons (Fsp3) is 0.188. The number of carbonyl (C=O) groups is 1. The first kappa shape index (κ1) is 11.1. The third-order valence-electron chi connectivity index (χ3n) is 3.86. The Balaban J connectivity index is 1.80. The summed E-state index contributed by atoms with van der Waals surface area (Å²) in [7, 11) is 0. The molecule has 2 aromatic carbocycles. The number of hydrogen-bond donors (Lipinski definition) is 0. The van der Waals surface area contributed by atoms with E-state index in [-0.39, 0.29) is 11.3 Å². The summed E-state index contributed by atoms with van der Waals surface area (Å²) in [6.07, 6.45) is 0. The van der Waals surface area contributed by atoms with Crippen LogP contribution < -0.4 is 0 Å². The Hall–Kier alpha value is -1.74. The number of benzene rings is 2. The summed E-state index contributed by atoms with van der Waals surface area (Å²) >= 11 is 1.85. The van der Waals surface area contributed by atoms with Crippen LogP contribution in [-0.2, 0) is 12.3 Å². The SMILES string of the molecule is O=C1c2ccccc2C2SCc3ccccc3CN12. The molecule has 19 heavy (non-hydrogen) atoms. The molecular formula is C16H13NOS. The summed E-state index contributed by atoms with van der Waals surface area (Å²) in [4.78, 5) is 14.5. The average Bonchev–Trinajstić information content (AvgIpc) is 2.63. The van der Waals surface area contributed by atoms with E-state index in [0.717, 1.165) is 17.9 Å². The predicted octanol–water partition coefficient (Wildman–Crippen LogP) is 3.59. The first-order valence-corrected chi connectivity index (χ1v) is 7.48. The molecule has 0 saturated carbocycles. The summed E-state index contributed by atoms with van der Waals surface area (Å²) in [5.74, 6) is 1.14. The molecule has 0 spiro atoms. The van der Waals surface area contributed by atoms with Crippen molar-refractivity contribution in [3.8, 4) is 0 Å². The Morgan fingerprint density at radius 1 is 1.00 bits per heavy atom. The first-order chi connectivity index (χ1) is 9.34. The van der Waals surface area contributed by atoms with Crippen LogP contribution in [0.5, 0.6) is 0 Å². The molecule has 0 radical (unpaired) electrons. The minimum atomic E-state index is 0.171. The lowest BCUT2D eigenvalue weighted by atomic mass is 10.1. The van der Waals surface area contributed by atoms with E-state index in [2.05, 4.69) is 30.3 Å². The maximum Gasteiger partial charge on any atom is 0.255 e. The molecule has 1 amide bonds. The number of rotatable bonds is 0. The highest BCUT2D eigenvalue weighted by Crippen LogP contribution is 2.45. The second-order valence-corrected chi connectivity index (χ2v) is 6.02.